The zero-order valence-corrected chi connectivity index (χ0v) is 11.4. The van der Waals surface area contributed by atoms with Gasteiger partial charge in [-0.1, -0.05) is 65.2 Å². The summed E-state index contributed by atoms with van der Waals surface area (Å²) in [7, 11) is 0. The second-order valence-corrected chi connectivity index (χ2v) is 4.82. The fourth-order valence-electron chi connectivity index (χ4n) is 1.91. The lowest BCUT2D eigenvalue weighted by Gasteiger charge is -2.13. The summed E-state index contributed by atoms with van der Waals surface area (Å²) >= 11 is 0. The Bertz CT molecular complexity index is 112. The number of nitrogens with two attached hydrogens (primary N) is 1. The maximum atomic E-state index is 5.99. The highest BCUT2D eigenvalue weighted by Gasteiger charge is 2.00. The summed E-state index contributed by atoms with van der Waals surface area (Å²) in [5, 5.41) is 3.41. The molecule has 0 aliphatic heterocycles. The summed E-state index contributed by atoms with van der Waals surface area (Å²) in [4.78, 5) is 0. The van der Waals surface area contributed by atoms with Gasteiger partial charge >= 0.3 is 0 Å². The molecule has 0 aromatic rings. The monoisotopic (exact) mass is 228 g/mol. The summed E-state index contributed by atoms with van der Waals surface area (Å²) in [6, 6.07) is 0. The Morgan fingerprint density at radius 2 is 1.38 bits per heavy atom. The molecule has 3 N–H and O–H groups in total. The van der Waals surface area contributed by atoms with Crippen molar-refractivity contribution >= 4 is 0 Å². The summed E-state index contributed by atoms with van der Waals surface area (Å²) in [6.45, 7) is 5.59. The first-order valence-electron chi connectivity index (χ1n) is 7.30. The van der Waals surface area contributed by atoms with Crippen molar-refractivity contribution in [3.63, 3.8) is 0 Å². The Kier molecular flexibility index (Phi) is 12.9. The Hall–Kier alpha value is -0.0800. The van der Waals surface area contributed by atoms with E-state index in [0.29, 0.717) is 0 Å². The lowest BCUT2D eigenvalue weighted by Crippen LogP contribution is -2.37. The van der Waals surface area contributed by atoms with E-state index in [4.69, 9.17) is 5.73 Å². The smallest absolute Gasteiger partial charge is 0.0546 e. The predicted molar refractivity (Wildman–Crippen MR) is 73.5 cm³/mol. The van der Waals surface area contributed by atoms with E-state index in [9.17, 15) is 0 Å². The normalized spacial score (nSPS) is 12.9. The number of rotatable bonds is 12. The van der Waals surface area contributed by atoms with Crippen LogP contribution in [0.25, 0.3) is 0 Å². The lowest BCUT2D eigenvalue weighted by molar-refractivity contribution is 0.455. The van der Waals surface area contributed by atoms with Gasteiger partial charge in [-0.2, -0.15) is 0 Å². The van der Waals surface area contributed by atoms with Crippen LogP contribution in [-0.2, 0) is 0 Å². The van der Waals surface area contributed by atoms with Crippen molar-refractivity contribution in [2.45, 2.75) is 84.2 Å². The van der Waals surface area contributed by atoms with E-state index in [1.807, 2.05) is 0 Å². The van der Waals surface area contributed by atoms with Crippen molar-refractivity contribution in [2.75, 3.05) is 6.54 Å². The van der Waals surface area contributed by atoms with Gasteiger partial charge in [-0.3, -0.25) is 0 Å². The van der Waals surface area contributed by atoms with Crippen molar-refractivity contribution in [3.05, 3.63) is 0 Å². The SMILES string of the molecule is CCCCCCCC(N)NCCCCCC. The summed E-state index contributed by atoms with van der Waals surface area (Å²) in [6.07, 6.45) is 13.3. The first kappa shape index (κ1) is 15.9. The van der Waals surface area contributed by atoms with Crippen LogP contribution < -0.4 is 11.1 Å². The average Bonchev–Trinajstić information content (AvgIpc) is 2.28. The van der Waals surface area contributed by atoms with Gasteiger partial charge in [-0.05, 0) is 19.4 Å². The molecule has 16 heavy (non-hydrogen) atoms. The molecule has 0 fully saturated rings. The van der Waals surface area contributed by atoms with Crippen LogP contribution in [0.15, 0.2) is 0 Å². The summed E-state index contributed by atoms with van der Waals surface area (Å²) in [5.74, 6) is 0. The lowest BCUT2D eigenvalue weighted by atomic mass is 10.1. The number of unbranched alkanes of at least 4 members (excludes halogenated alkanes) is 7. The zero-order valence-electron chi connectivity index (χ0n) is 11.4. The molecule has 1 unspecified atom stereocenters. The first-order chi connectivity index (χ1) is 7.81. The molecule has 0 aromatic carbocycles. The molecular formula is C14H32N2. The third-order valence-electron chi connectivity index (χ3n) is 3.06. The molecule has 0 aliphatic rings. The van der Waals surface area contributed by atoms with Crippen LogP contribution in [0.5, 0.6) is 0 Å². The highest BCUT2D eigenvalue weighted by atomic mass is 15.0. The van der Waals surface area contributed by atoms with Gasteiger partial charge in [-0.15, -0.1) is 0 Å². The molecule has 0 saturated heterocycles. The standard InChI is InChI=1S/C14H32N2/c1-3-5-7-9-10-12-14(15)16-13-11-8-6-4-2/h14,16H,3-13,15H2,1-2H3. The van der Waals surface area contributed by atoms with Gasteiger partial charge in [0, 0.05) is 0 Å². The minimum Gasteiger partial charge on any atom is -0.316 e. The zero-order chi connectivity index (χ0) is 12.1. The third kappa shape index (κ3) is 12.0. The maximum Gasteiger partial charge on any atom is 0.0546 e. The van der Waals surface area contributed by atoms with Crippen molar-refractivity contribution in [3.8, 4) is 0 Å². The molecule has 0 saturated carbocycles. The minimum absolute atomic E-state index is 0.225. The molecule has 0 amide bonds. The van der Waals surface area contributed by atoms with E-state index in [1.165, 1.54) is 57.8 Å². The third-order valence-corrected chi connectivity index (χ3v) is 3.06. The highest BCUT2D eigenvalue weighted by Crippen LogP contribution is 2.05. The van der Waals surface area contributed by atoms with Gasteiger partial charge in [0.05, 0.1) is 6.17 Å². The van der Waals surface area contributed by atoms with Crippen LogP contribution in [0, 0.1) is 0 Å². The van der Waals surface area contributed by atoms with Crippen LogP contribution >= 0.6 is 0 Å². The largest absolute Gasteiger partial charge is 0.316 e. The van der Waals surface area contributed by atoms with Crippen molar-refractivity contribution in [1.29, 1.82) is 0 Å². The van der Waals surface area contributed by atoms with E-state index >= 15 is 0 Å². The fourth-order valence-corrected chi connectivity index (χ4v) is 1.91. The molecular weight excluding hydrogens is 196 g/mol. The van der Waals surface area contributed by atoms with Crippen molar-refractivity contribution < 1.29 is 0 Å². The molecule has 0 spiro atoms. The van der Waals surface area contributed by atoms with E-state index in [1.54, 1.807) is 0 Å². The summed E-state index contributed by atoms with van der Waals surface area (Å²) in [5.41, 5.74) is 5.99. The first-order valence-corrected chi connectivity index (χ1v) is 7.30. The highest BCUT2D eigenvalue weighted by molar-refractivity contribution is 4.59. The van der Waals surface area contributed by atoms with Crippen LogP contribution in [0.4, 0.5) is 0 Å². The van der Waals surface area contributed by atoms with E-state index < -0.39 is 0 Å². The molecule has 0 radical (unpaired) electrons. The molecule has 0 aliphatic carbocycles. The van der Waals surface area contributed by atoms with Gasteiger partial charge in [0.2, 0.25) is 0 Å². The van der Waals surface area contributed by atoms with Crippen molar-refractivity contribution in [1.82, 2.24) is 5.32 Å². The van der Waals surface area contributed by atoms with Gasteiger partial charge < -0.3 is 11.1 Å². The molecule has 0 bridgehead atoms. The van der Waals surface area contributed by atoms with Gasteiger partial charge in [0.15, 0.2) is 0 Å². The van der Waals surface area contributed by atoms with E-state index in [0.717, 1.165) is 13.0 Å². The second kappa shape index (κ2) is 13.0. The Labute approximate surface area is 102 Å². The predicted octanol–water partition coefficient (Wildman–Crippen LogP) is 3.80. The van der Waals surface area contributed by atoms with Gasteiger partial charge in [0.1, 0.15) is 0 Å². The van der Waals surface area contributed by atoms with Crippen molar-refractivity contribution in [2.24, 2.45) is 5.73 Å². The summed E-state index contributed by atoms with van der Waals surface area (Å²) < 4.78 is 0. The topological polar surface area (TPSA) is 38.0 Å². The molecule has 98 valence electrons. The molecule has 1 atom stereocenters. The van der Waals surface area contributed by atoms with E-state index in [2.05, 4.69) is 19.2 Å². The molecule has 0 heterocycles. The molecule has 2 nitrogen and oxygen atoms in total. The average molecular weight is 228 g/mol. The van der Waals surface area contributed by atoms with Crippen LogP contribution in [0.1, 0.15) is 78.1 Å². The molecule has 0 rings (SSSR count). The maximum absolute atomic E-state index is 5.99. The van der Waals surface area contributed by atoms with Gasteiger partial charge in [-0.25, -0.2) is 0 Å². The van der Waals surface area contributed by atoms with Crippen LogP contribution in [0.2, 0.25) is 0 Å². The number of nitrogens with one attached hydrogen (secondary N) is 1. The Morgan fingerprint density at radius 1 is 0.812 bits per heavy atom. The Balaban J connectivity index is 3.09. The minimum atomic E-state index is 0.225. The van der Waals surface area contributed by atoms with Crippen LogP contribution in [-0.4, -0.2) is 12.7 Å². The molecule has 0 aromatic heterocycles. The van der Waals surface area contributed by atoms with E-state index in [-0.39, 0.29) is 6.17 Å². The van der Waals surface area contributed by atoms with Gasteiger partial charge in [0.25, 0.3) is 0 Å². The van der Waals surface area contributed by atoms with Crippen LogP contribution in [0.3, 0.4) is 0 Å². The number of hydrogen-bond donors (Lipinski definition) is 2. The fraction of sp³-hybridized carbons (Fsp3) is 1.00. The second-order valence-electron chi connectivity index (χ2n) is 4.82. The Morgan fingerprint density at radius 3 is 2.00 bits per heavy atom. The molecule has 2 heteroatoms. The quantitative estimate of drug-likeness (QED) is 0.394. The number of hydrogen-bond acceptors (Lipinski definition) is 2.